The number of hydrogen-bond donors (Lipinski definition) is 0. The summed E-state index contributed by atoms with van der Waals surface area (Å²) in [6.45, 7) is 0. The molecule has 0 N–H and O–H groups in total. The van der Waals surface area contributed by atoms with E-state index in [-0.39, 0.29) is 16.9 Å². The minimum atomic E-state index is -0.724. The van der Waals surface area contributed by atoms with Gasteiger partial charge in [-0.15, -0.1) is 0 Å². The van der Waals surface area contributed by atoms with E-state index in [9.17, 15) is 14.0 Å². The van der Waals surface area contributed by atoms with Gasteiger partial charge in [0.05, 0.1) is 18.2 Å². The number of methoxy groups -OCH3 is 1. The zero-order chi connectivity index (χ0) is 9.84. The Morgan fingerprint density at radius 2 is 1.85 bits per heavy atom. The van der Waals surface area contributed by atoms with Crippen molar-refractivity contribution in [2.24, 2.45) is 0 Å². The van der Waals surface area contributed by atoms with Gasteiger partial charge in [-0.05, 0) is 12.1 Å². The number of carbonyl (C=O) groups is 2. The molecular formula is C9H7FO3. The lowest BCUT2D eigenvalue weighted by atomic mass is 10.1. The lowest BCUT2D eigenvalue weighted by Gasteiger charge is -2.04. The van der Waals surface area contributed by atoms with E-state index in [0.717, 1.165) is 6.07 Å². The molecule has 0 atom stereocenters. The van der Waals surface area contributed by atoms with Crippen molar-refractivity contribution < 1.29 is 18.7 Å². The maximum absolute atomic E-state index is 12.9. The van der Waals surface area contributed by atoms with Crippen LogP contribution < -0.4 is 4.74 Å². The van der Waals surface area contributed by atoms with E-state index in [0.29, 0.717) is 12.6 Å². The lowest BCUT2D eigenvalue weighted by Crippen LogP contribution is -1.96. The molecule has 0 saturated heterocycles. The molecular weight excluding hydrogens is 174 g/mol. The molecule has 0 unspecified atom stereocenters. The zero-order valence-electron chi connectivity index (χ0n) is 6.91. The van der Waals surface area contributed by atoms with Crippen LogP contribution in [0, 0.1) is 5.82 Å². The van der Waals surface area contributed by atoms with Gasteiger partial charge in [-0.3, -0.25) is 9.59 Å². The molecule has 0 saturated carbocycles. The van der Waals surface area contributed by atoms with Crippen LogP contribution in [0.25, 0.3) is 0 Å². The molecule has 0 amide bonds. The molecule has 1 aromatic rings. The normalized spacial score (nSPS) is 9.38. The van der Waals surface area contributed by atoms with E-state index in [4.69, 9.17) is 4.74 Å². The largest absolute Gasteiger partial charge is 0.496 e. The summed E-state index contributed by atoms with van der Waals surface area (Å²) in [5.41, 5.74) is -0.0342. The number of benzene rings is 1. The molecule has 0 radical (unpaired) electrons. The fraction of sp³-hybridized carbons (Fsp3) is 0.111. The monoisotopic (exact) mass is 181 g/mol. The van der Waals surface area contributed by atoms with Crippen LogP contribution in [0.2, 0.25) is 0 Å². The number of carbonyl (C=O) groups excluding carboxylic acids is 2. The van der Waals surface area contributed by atoms with Crippen LogP contribution in [-0.2, 0) is 0 Å². The highest BCUT2D eigenvalue weighted by molar-refractivity contribution is 5.83. The van der Waals surface area contributed by atoms with Crippen molar-refractivity contribution in [2.45, 2.75) is 0 Å². The average molecular weight is 181 g/mol. The first-order valence-electron chi connectivity index (χ1n) is 3.50. The summed E-state index contributed by atoms with van der Waals surface area (Å²) in [7, 11) is 1.34. The Balaban J connectivity index is 3.34. The number of halogens is 1. The van der Waals surface area contributed by atoms with Gasteiger partial charge in [0.15, 0.2) is 12.6 Å². The predicted molar refractivity (Wildman–Crippen MR) is 43.7 cm³/mol. The number of rotatable bonds is 3. The summed E-state index contributed by atoms with van der Waals surface area (Å²) >= 11 is 0. The molecule has 1 aromatic carbocycles. The van der Waals surface area contributed by atoms with Crippen molar-refractivity contribution in [2.75, 3.05) is 7.11 Å². The van der Waals surface area contributed by atoms with Gasteiger partial charge < -0.3 is 4.74 Å². The summed E-state index contributed by atoms with van der Waals surface area (Å²) in [6.07, 6.45) is 0.836. The van der Waals surface area contributed by atoms with Crippen LogP contribution >= 0.6 is 0 Å². The molecule has 3 nitrogen and oxygen atoms in total. The molecule has 0 heterocycles. The van der Waals surface area contributed by atoms with Gasteiger partial charge in [0.2, 0.25) is 0 Å². The third-order valence-corrected chi connectivity index (χ3v) is 1.60. The van der Waals surface area contributed by atoms with Crippen molar-refractivity contribution in [3.8, 4) is 5.75 Å². The van der Waals surface area contributed by atoms with Gasteiger partial charge in [0, 0.05) is 0 Å². The van der Waals surface area contributed by atoms with Crippen LogP contribution in [0.15, 0.2) is 12.1 Å². The van der Waals surface area contributed by atoms with Gasteiger partial charge in [0.25, 0.3) is 0 Å². The van der Waals surface area contributed by atoms with E-state index >= 15 is 0 Å². The highest BCUT2D eigenvalue weighted by Gasteiger charge is 2.08. The van der Waals surface area contributed by atoms with Crippen molar-refractivity contribution in [3.05, 3.63) is 29.1 Å². The first-order chi connectivity index (χ1) is 6.22. The Labute approximate surface area is 74.1 Å². The molecule has 0 aromatic heterocycles. The Bertz CT molecular complexity index is 347. The average Bonchev–Trinajstić information content (AvgIpc) is 2.17. The van der Waals surface area contributed by atoms with Crippen LogP contribution in [0.4, 0.5) is 4.39 Å². The van der Waals surface area contributed by atoms with Gasteiger partial charge in [-0.25, -0.2) is 4.39 Å². The maximum Gasteiger partial charge on any atom is 0.153 e. The van der Waals surface area contributed by atoms with E-state index in [1.165, 1.54) is 13.2 Å². The lowest BCUT2D eigenvalue weighted by molar-refractivity contribution is 0.110. The number of aldehydes is 2. The minimum absolute atomic E-state index is 0.0885. The first kappa shape index (κ1) is 9.38. The summed E-state index contributed by atoms with van der Waals surface area (Å²) < 4.78 is 17.7. The van der Waals surface area contributed by atoms with E-state index in [1.54, 1.807) is 0 Å². The third kappa shape index (κ3) is 1.72. The van der Waals surface area contributed by atoms with Crippen molar-refractivity contribution >= 4 is 12.6 Å². The van der Waals surface area contributed by atoms with E-state index < -0.39 is 5.82 Å². The molecule has 68 valence electrons. The molecule has 0 aliphatic carbocycles. The summed E-state index contributed by atoms with van der Waals surface area (Å²) in [6, 6.07) is 2.15. The van der Waals surface area contributed by atoms with Gasteiger partial charge in [-0.1, -0.05) is 0 Å². The number of hydrogen-bond acceptors (Lipinski definition) is 3. The van der Waals surface area contributed by atoms with Crippen LogP contribution in [-0.4, -0.2) is 19.7 Å². The van der Waals surface area contributed by atoms with Gasteiger partial charge >= 0.3 is 0 Å². The van der Waals surface area contributed by atoms with Crippen molar-refractivity contribution in [1.29, 1.82) is 0 Å². The van der Waals surface area contributed by atoms with Crippen LogP contribution in [0.3, 0.4) is 0 Å². The maximum atomic E-state index is 12.9. The van der Waals surface area contributed by atoms with Crippen LogP contribution in [0.1, 0.15) is 20.7 Å². The molecule has 4 heteroatoms. The Kier molecular flexibility index (Phi) is 2.74. The topological polar surface area (TPSA) is 43.4 Å². The zero-order valence-corrected chi connectivity index (χ0v) is 6.91. The second-order valence-corrected chi connectivity index (χ2v) is 2.35. The standard InChI is InChI=1S/C9H7FO3/c1-13-9-3-6(4-11)8(10)2-7(9)5-12/h2-5H,1H3/i10-1. The summed E-state index contributed by atoms with van der Waals surface area (Å²) in [5.74, 6) is -0.531. The van der Waals surface area contributed by atoms with E-state index in [1.807, 2.05) is 0 Å². The molecule has 13 heavy (non-hydrogen) atoms. The molecule has 1 rings (SSSR count). The molecule has 0 bridgehead atoms. The fourth-order valence-electron chi connectivity index (χ4n) is 0.944. The smallest absolute Gasteiger partial charge is 0.153 e. The van der Waals surface area contributed by atoms with Crippen LogP contribution in [0.5, 0.6) is 5.75 Å². The van der Waals surface area contributed by atoms with E-state index in [2.05, 4.69) is 0 Å². The second-order valence-electron chi connectivity index (χ2n) is 2.35. The van der Waals surface area contributed by atoms with Gasteiger partial charge in [-0.2, -0.15) is 0 Å². The molecule has 0 spiro atoms. The second kappa shape index (κ2) is 3.80. The third-order valence-electron chi connectivity index (χ3n) is 1.60. The van der Waals surface area contributed by atoms with Crippen molar-refractivity contribution in [3.63, 3.8) is 0 Å². The minimum Gasteiger partial charge on any atom is -0.496 e. The SMILES string of the molecule is COc1cc(C=O)c([18F])cc1C=O. The van der Waals surface area contributed by atoms with Gasteiger partial charge in [0.1, 0.15) is 11.6 Å². The number of ether oxygens (including phenoxy) is 1. The summed E-state index contributed by atoms with van der Waals surface area (Å²) in [4.78, 5) is 20.7. The fourth-order valence-corrected chi connectivity index (χ4v) is 0.944. The molecule has 0 fully saturated rings. The Morgan fingerprint density at radius 1 is 1.23 bits per heavy atom. The highest BCUT2D eigenvalue weighted by atomic mass is 18.2. The highest BCUT2D eigenvalue weighted by Crippen LogP contribution is 2.20. The Hall–Kier alpha value is -1.71. The molecule has 0 aliphatic rings. The Morgan fingerprint density at radius 3 is 2.31 bits per heavy atom. The summed E-state index contributed by atoms with van der Waals surface area (Å²) in [5, 5.41) is 0. The quantitative estimate of drug-likeness (QED) is 0.663. The van der Waals surface area contributed by atoms with Crippen molar-refractivity contribution in [1.82, 2.24) is 0 Å². The first-order valence-corrected chi connectivity index (χ1v) is 3.50. The molecule has 0 aliphatic heterocycles. The predicted octanol–water partition coefficient (Wildman–Crippen LogP) is 1.46.